The molecular formula is C11H22N2O2. The first kappa shape index (κ1) is 12.5. The zero-order chi connectivity index (χ0) is 11.5. The Balaban J connectivity index is 2.40. The van der Waals surface area contributed by atoms with E-state index in [-0.39, 0.29) is 5.97 Å². The molecular weight excluding hydrogens is 192 g/mol. The van der Waals surface area contributed by atoms with Gasteiger partial charge in [-0.3, -0.25) is 0 Å². The van der Waals surface area contributed by atoms with Crippen LogP contribution in [0.25, 0.3) is 0 Å². The van der Waals surface area contributed by atoms with Crippen molar-refractivity contribution in [3.8, 4) is 0 Å². The molecule has 0 unspecified atom stereocenters. The van der Waals surface area contributed by atoms with Crippen molar-refractivity contribution >= 4 is 5.97 Å². The van der Waals surface area contributed by atoms with E-state index in [0.717, 1.165) is 25.9 Å². The molecule has 4 heteroatoms. The van der Waals surface area contributed by atoms with Crippen LogP contribution in [0, 0.1) is 5.41 Å². The van der Waals surface area contributed by atoms with Crippen molar-refractivity contribution in [3.05, 3.63) is 0 Å². The third kappa shape index (κ3) is 3.80. The predicted molar refractivity (Wildman–Crippen MR) is 59.2 cm³/mol. The molecule has 1 N–H and O–H groups in total. The van der Waals surface area contributed by atoms with Crippen LogP contribution >= 0.6 is 0 Å². The predicted octanol–water partition coefficient (Wildman–Crippen LogP) is 1.17. The maximum absolute atomic E-state index is 11.6. The van der Waals surface area contributed by atoms with Crippen molar-refractivity contribution in [1.29, 1.82) is 0 Å². The summed E-state index contributed by atoms with van der Waals surface area (Å²) in [5, 5.41) is 5.00. The third-order valence-electron chi connectivity index (χ3n) is 2.66. The molecule has 1 aliphatic rings. The lowest BCUT2D eigenvalue weighted by molar-refractivity contribution is -0.205. The van der Waals surface area contributed by atoms with Crippen LogP contribution in [0.1, 0.15) is 33.6 Å². The maximum Gasteiger partial charge on any atom is 0.330 e. The molecule has 1 fully saturated rings. The van der Waals surface area contributed by atoms with Crippen LogP contribution in [0.3, 0.4) is 0 Å². The lowest BCUT2D eigenvalue weighted by Gasteiger charge is -2.31. The van der Waals surface area contributed by atoms with E-state index >= 15 is 0 Å². The van der Waals surface area contributed by atoms with Gasteiger partial charge in [-0.25, -0.2) is 4.79 Å². The molecule has 0 saturated carbocycles. The summed E-state index contributed by atoms with van der Waals surface area (Å²) in [6, 6.07) is 0.359. The lowest BCUT2D eigenvalue weighted by Crippen LogP contribution is -2.43. The standard InChI is InChI=1S/C11H22N2O2/c1-11(2,3)10(14)15-13(4)9-5-7-12-8-6-9/h9,12H,5-8H2,1-4H3. The molecule has 0 aliphatic carbocycles. The van der Waals surface area contributed by atoms with Crippen LogP contribution < -0.4 is 5.32 Å². The second-order valence-corrected chi connectivity index (χ2v) is 5.16. The highest BCUT2D eigenvalue weighted by Gasteiger charge is 2.27. The Morgan fingerprint density at radius 3 is 2.33 bits per heavy atom. The van der Waals surface area contributed by atoms with E-state index in [1.165, 1.54) is 0 Å². The monoisotopic (exact) mass is 214 g/mol. The molecule has 0 atom stereocenters. The molecule has 0 bridgehead atoms. The molecule has 88 valence electrons. The summed E-state index contributed by atoms with van der Waals surface area (Å²) >= 11 is 0. The second kappa shape index (κ2) is 4.94. The minimum atomic E-state index is -0.429. The molecule has 1 rings (SSSR count). The number of rotatable bonds is 2. The molecule has 0 spiro atoms. The first-order chi connectivity index (χ1) is 6.91. The number of nitrogens with one attached hydrogen (secondary N) is 1. The second-order valence-electron chi connectivity index (χ2n) is 5.16. The Kier molecular flexibility index (Phi) is 4.11. The van der Waals surface area contributed by atoms with E-state index < -0.39 is 5.41 Å². The Bertz CT molecular complexity index is 217. The average Bonchev–Trinajstić information content (AvgIpc) is 2.17. The molecule has 0 aromatic carbocycles. The number of nitrogens with zero attached hydrogens (tertiary/aromatic N) is 1. The van der Waals surface area contributed by atoms with Gasteiger partial charge in [-0.2, -0.15) is 0 Å². The Morgan fingerprint density at radius 1 is 1.33 bits per heavy atom. The van der Waals surface area contributed by atoms with Gasteiger partial charge in [0.05, 0.1) is 5.41 Å². The Labute approximate surface area is 91.9 Å². The van der Waals surface area contributed by atoms with E-state index in [4.69, 9.17) is 4.84 Å². The first-order valence-electron chi connectivity index (χ1n) is 5.57. The molecule has 0 radical (unpaired) electrons. The lowest BCUT2D eigenvalue weighted by atomic mass is 9.98. The highest BCUT2D eigenvalue weighted by molar-refractivity contribution is 5.75. The zero-order valence-electron chi connectivity index (χ0n) is 10.2. The fourth-order valence-corrected chi connectivity index (χ4v) is 1.51. The van der Waals surface area contributed by atoms with E-state index in [9.17, 15) is 4.79 Å². The number of piperidine rings is 1. The van der Waals surface area contributed by atoms with Crippen LogP contribution in [0.2, 0.25) is 0 Å². The van der Waals surface area contributed by atoms with Crippen molar-refractivity contribution < 1.29 is 9.63 Å². The summed E-state index contributed by atoms with van der Waals surface area (Å²) < 4.78 is 0. The van der Waals surface area contributed by atoms with Crippen molar-refractivity contribution in [2.45, 2.75) is 39.7 Å². The van der Waals surface area contributed by atoms with Crippen molar-refractivity contribution in [2.75, 3.05) is 20.1 Å². The van der Waals surface area contributed by atoms with Crippen LogP contribution in [0.4, 0.5) is 0 Å². The number of hydrogen-bond acceptors (Lipinski definition) is 4. The highest BCUT2D eigenvalue weighted by atomic mass is 16.7. The summed E-state index contributed by atoms with van der Waals surface area (Å²) in [6.45, 7) is 7.60. The molecule has 1 heterocycles. The molecule has 0 amide bonds. The smallest absolute Gasteiger partial charge is 0.330 e. The van der Waals surface area contributed by atoms with Crippen LogP contribution in [0.15, 0.2) is 0 Å². The van der Waals surface area contributed by atoms with Gasteiger partial charge in [0.2, 0.25) is 0 Å². The summed E-state index contributed by atoms with van der Waals surface area (Å²) in [5.74, 6) is -0.163. The molecule has 1 aliphatic heterocycles. The van der Waals surface area contributed by atoms with Gasteiger partial charge in [-0.1, -0.05) is 0 Å². The molecule has 0 aromatic heterocycles. The van der Waals surface area contributed by atoms with Gasteiger partial charge in [0.25, 0.3) is 0 Å². The number of carbonyl (C=O) groups is 1. The van der Waals surface area contributed by atoms with E-state index in [0.29, 0.717) is 6.04 Å². The van der Waals surface area contributed by atoms with Gasteiger partial charge in [-0.15, -0.1) is 5.06 Å². The van der Waals surface area contributed by atoms with Crippen molar-refractivity contribution in [2.24, 2.45) is 5.41 Å². The zero-order valence-corrected chi connectivity index (χ0v) is 10.2. The summed E-state index contributed by atoms with van der Waals surface area (Å²) in [7, 11) is 1.85. The van der Waals surface area contributed by atoms with Gasteiger partial charge in [0, 0.05) is 13.1 Å². The summed E-state index contributed by atoms with van der Waals surface area (Å²) in [6.07, 6.45) is 2.07. The van der Waals surface area contributed by atoms with Gasteiger partial charge in [-0.05, 0) is 46.7 Å². The van der Waals surface area contributed by atoms with E-state index in [2.05, 4.69) is 5.32 Å². The minimum absolute atomic E-state index is 0.163. The molecule has 15 heavy (non-hydrogen) atoms. The fourth-order valence-electron chi connectivity index (χ4n) is 1.51. The summed E-state index contributed by atoms with van der Waals surface area (Å²) in [4.78, 5) is 17.0. The summed E-state index contributed by atoms with van der Waals surface area (Å²) in [5.41, 5.74) is -0.429. The highest BCUT2D eigenvalue weighted by Crippen LogP contribution is 2.18. The molecule has 4 nitrogen and oxygen atoms in total. The van der Waals surface area contributed by atoms with Gasteiger partial charge < -0.3 is 10.2 Å². The molecule has 1 saturated heterocycles. The average molecular weight is 214 g/mol. The fraction of sp³-hybridized carbons (Fsp3) is 0.909. The van der Waals surface area contributed by atoms with Gasteiger partial charge in [0.1, 0.15) is 0 Å². The van der Waals surface area contributed by atoms with Crippen LogP contribution in [-0.2, 0) is 9.63 Å². The topological polar surface area (TPSA) is 41.6 Å². The van der Waals surface area contributed by atoms with Gasteiger partial charge in [0.15, 0.2) is 0 Å². The number of carbonyl (C=O) groups excluding carboxylic acids is 1. The third-order valence-corrected chi connectivity index (χ3v) is 2.66. The van der Waals surface area contributed by atoms with Crippen LogP contribution in [-0.4, -0.2) is 37.2 Å². The van der Waals surface area contributed by atoms with Crippen molar-refractivity contribution in [3.63, 3.8) is 0 Å². The molecule has 0 aromatic rings. The Morgan fingerprint density at radius 2 is 1.87 bits per heavy atom. The number of hydrogen-bond donors (Lipinski definition) is 1. The minimum Gasteiger partial charge on any atom is -0.367 e. The SMILES string of the molecule is CN(OC(=O)C(C)(C)C)C1CCNCC1. The first-order valence-corrected chi connectivity index (χ1v) is 5.57. The number of hydroxylamine groups is 2. The van der Waals surface area contributed by atoms with Crippen molar-refractivity contribution in [1.82, 2.24) is 10.4 Å². The largest absolute Gasteiger partial charge is 0.367 e. The van der Waals surface area contributed by atoms with E-state index in [1.807, 2.05) is 27.8 Å². The quantitative estimate of drug-likeness (QED) is 0.701. The van der Waals surface area contributed by atoms with E-state index in [1.54, 1.807) is 5.06 Å². The van der Waals surface area contributed by atoms with Crippen LogP contribution in [0.5, 0.6) is 0 Å². The maximum atomic E-state index is 11.6. The normalized spacial score (nSPS) is 19.3. The Hall–Kier alpha value is -0.610. The van der Waals surface area contributed by atoms with Gasteiger partial charge >= 0.3 is 5.97 Å².